The van der Waals surface area contributed by atoms with E-state index in [2.05, 4.69) is 0 Å². The van der Waals surface area contributed by atoms with Crippen LogP contribution in [0.15, 0.2) is 36.4 Å². The predicted octanol–water partition coefficient (Wildman–Crippen LogP) is 2.27. The molecule has 7 rings (SSSR count). The molecule has 0 radical (unpaired) electrons. The lowest BCUT2D eigenvalue weighted by Gasteiger charge is -2.42. The number of carboxylic acids is 2. The van der Waals surface area contributed by atoms with Gasteiger partial charge in [-0.3, -0.25) is 9.59 Å². The maximum atomic E-state index is 14.3. The Kier molecular flexibility index (Phi) is 9.75. The van der Waals surface area contributed by atoms with E-state index in [-0.39, 0.29) is 55.6 Å². The van der Waals surface area contributed by atoms with Gasteiger partial charge in [-0.15, -0.1) is 0 Å². The second-order valence-electron chi connectivity index (χ2n) is 14.9. The molecule has 7 atom stereocenters. The number of rotatable bonds is 8. The molecule has 2 unspecified atom stereocenters. The number of aryl methyl sites for hydroxylation is 1. The number of aromatic carboxylic acids is 2. The number of carboxylic acid groups (broad SMARTS) is 2. The Morgan fingerprint density at radius 2 is 1.17 bits per heavy atom. The van der Waals surface area contributed by atoms with Gasteiger partial charge >= 0.3 is 11.9 Å². The zero-order valence-electron chi connectivity index (χ0n) is 31.8. The summed E-state index contributed by atoms with van der Waals surface area (Å²) < 4.78 is 11.3. The number of aliphatic hydroxyl groups excluding tert-OH is 4. The van der Waals surface area contributed by atoms with Crippen LogP contribution in [0.25, 0.3) is 0 Å². The van der Waals surface area contributed by atoms with Crippen LogP contribution in [0.5, 0.6) is 28.7 Å². The minimum atomic E-state index is -2.14. The number of fused-ring (bicyclic) bond motifs is 4. The smallest absolute Gasteiger partial charge is 0.339 e. The zero-order chi connectivity index (χ0) is 43.4. The largest absolute Gasteiger partial charge is 0.507 e. The van der Waals surface area contributed by atoms with Crippen molar-refractivity contribution in [2.75, 3.05) is 6.61 Å². The lowest BCUT2D eigenvalue weighted by atomic mass is 9.72. The van der Waals surface area contributed by atoms with Crippen LogP contribution in [0.1, 0.15) is 105 Å². The summed E-state index contributed by atoms with van der Waals surface area (Å²) >= 11 is 0. The maximum absolute atomic E-state index is 14.3. The van der Waals surface area contributed by atoms with Crippen LogP contribution in [0.2, 0.25) is 0 Å². The van der Waals surface area contributed by atoms with E-state index < -0.39 is 117 Å². The van der Waals surface area contributed by atoms with Crippen LogP contribution in [-0.2, 0) is 25.7 Å². The van der Waals surface area contributed by atoms with Gasteiger partial charge in [-0.25, -0.2) is 19.4 Å². The third-order valence-electron chi connectivity index (χ3n) is 11.5. The van der Waals surface area contributed by atoms with Crippen molar-refractivity contribution in [3.8, 4) is 28.7 Å². The Hall–Kier alpha value is -6.12. The van der Waals surface area contributed by atoms with Crippen molar-refractivity contribution in [1.29, 1.82) is 0 Å². The van der Waals surface area contributed by atoms with E-state index in [1.165, 1.54) is 52.8 Å². The third kappa shape index (κ3) is 5.82. The average molecular weight is 819 g/mol. The number of carbonyl (C=O) groups excluding carboxylic acids is 2. The summed E-state index contributed by atoms with van der Waals surface area (Å²) in [6.07, 6.45) is -9.05. The topological polar surface area (TPSA) is 308 Å². The second-order valence-corrected chi connectivity index (χ2v) is 14.9. The van der Waals surface area contributed by atoms with Gasteiger partial charge in [0.05, 0.1) is 17.7 Å². The Labute approximate surface area is 333 Å². The Morgan fingerprint density at radius 3 is 1.71 bits per heavy atom. The van der Waals surface area contributed by atoms with Crippen LogP contribution in [0, 0.1) is 20.8 Å². The first-order chi connectivity index (χ1) is 27.6. The van der Waals surface area contributed by atoms with Crippen LogP contribution in [0.4, 0.5) is 0 Å². The lowest BCUT2D eigenvalue weighted by molar-refractivity contribution is -0.399. The summed E-state index contributed by atoms with van der Waals surface area (Å²) in [5.41, 5.74) is -7.48. The number of hydrogen-bond acceptors (Lipinski definition) is 16. The van der Waals surface area contributed by atoms with Crippen molar-refractivity contribution in [1.82, 2.24) is 0 Å². The standard InChI is InChI=1S/C41H38O18/c1-13-6-7-16-28(30(13)45)33(48)24-14(2)26(37(52)53)21(44)10-18(24)40(16,4)58-59-41(5)17-8-9-20(43)31(46)29(17)34(49)25-15(3)27(38(54)55)22(11-19(25)41)56-39-36(51)35(50)32(47)23(12-42)57-39/h6-11,23,32,35-36,39,42-47,50-51H,12H2,1-5H3,(H,52,53)(H,54,55)/t23-,32+,35+,36-,39+,40?,41?/m0/s1. The number of benzene rings is 4. The highest BCUT2D eigenvalue weighted by molar-refractivity contribution is 6.18. The monoisotopic (exact) mass is 818 g/mol. The summed E-state index contributed by atoms with van der Waals surface area (Å²) in [4.78, 5) is 66.3. The summed E-state index contributed by atoms with van der Waals surface area (Å²) in [5.74, 6) is -8.39. The van der Waals surface area contributed by atoms with E-state index in [0.29, 0.717) is 0 Å². The van der Waals surface area contributed by atoms with Gasteiger partial charge in [0.25, 0.3) is 0 Å². The molecule has 18 nitrogen and oxygen atoms in total. The molecule has 2 aliphatic carbocycles. The molecular formula is C41H38O18. The molecule has 18 heteroatoms. The van der Waals surface area contributed by atoms with Crippen LogP contribution in [0.3, 0.4) is 0 Å². The number of aromatic hydroxyl groups is 4. The zero-order valence-corrected chi connectivity index (χ0v) is 31.8. The van der Waals surface area contributed by atoms with Gasteiger partial charge in [-0.1, -0.05) is 18.2 Å². The molecule has 4 aromatic rings. The highest BCUT2D eigenvalue weighted by atomic mass is 17.2. The average Bonchev–Trinajstić information content (AvgIpc) is 3.17. The number of carbonyl (C=O) groups is 4. The molecule has 1 saturated heterocycles. The number of ether oxygens (including phenoxy) is 2. The third-order valence-corrected chi connectivity index (χ3v) is 11.5. The Bertz CT molecular complexity index is 2520. The van der Waals surface area contributed by atoms with Gasteiger partial charge in [0.15, 0.2) is 34.3 Å². The van der Waals surface area contributed by atoms with E-state index in [4.69, 9.17) is 19.2 Å². The normalized spacial score (nSPS) is 25.7. The fraction of sp³-hybridized carbons (Fsp3) is 0.317. The SMILES string of the molecule is Cc1ccc2c(c1O)C(=O)c1c(cc(O)c(C(=O)O)c1C)C2(C)OOC1(C)c2cc(O[C@@H]3O[C@@H](CO)[C@@H](O)[C@@H](O)[C@@H]3O)c(C(=O)O)c(C)c2C(=O)c2c1ccc(O)c2O. The fourth-order valence-electron chi connectivity index (χ4n) is 8.26. The number of phenols is 4. The molecule has 0 amide bonds. The first-order valence-corrected chi connectivity index (χ1v) is 18.0. The van der Waals surface area contributed by atoms with Crippen LogP contribution < -0.4 is 4.74 Å². The maximum Gasteiger partial charge on any atom is 0.339 e. The molecule has 10 N–H and O–H groups in total. The molecule has 3 aliphatic rings. The van der Waals surface area contributed by atoms with Gasteiger partial charge in [0.1, 0.15) is 52.8 Å². The minimum Gasteiger partial charge on any atom is -0.507 e. The Morgan fingerprint density at radius 1 is 0.661 bits per heavy atom. The molecule has 0 bridgehead atoms. The van der Waals surface area contributed by atoms with Crippen molar-refractivity contribution in [3.63, 3.8) is 0 Å². The van der Waals surface area contributed by atoms with Gasteiger partial charge in [0.2, 0.25) is 6.29 Å². The van der Waals surface area contributed by atoms with E-state index in [1.54, 1.807) is 0 Å². The van der Waals surface area contributed by atoms with Crippen molar-refractivity contribution in [2.24, 2.45) is 0 Å². The highest BCUT2D eigenvalue weighted by Gasteiger charge is 2.52. The summed E-state index contributed by atoms with van der Waals surface area (Å²) in [7, 11) is 0. The predicted molar refractivity (Wildman–Crippen MR) is 197 cm³/mol. The lowest BCUT2D eigenvalue weighted by Crippen LogP contribution is -2.60. The van der Waals surface area contributed by atoms with Gasteiger partial charge < -0.3 is 60.5 Å². The van der Waals surface area contributed by atoms with Gasteiger partial charge in [0, 0.05) is 33.4 Å². The van der Waals surface area contributed by atoms with E-state index in [9.17, 15) is 70.2 Å². The van der Waals surface area contributed by atoms with Crippen molar-refractivity contribution in [2.45, 2.75) is 76.5 Å². The number of ketones is 2. The number of hydrogen-bond donors (Lipinski definition) is 10. The Balaban J connectivity index is 1.46. The molecule has 1 heterocycles. The van der Waals surface area contributed by atoms with Gasteiger partial charge in [-0.05, 0) is 69.5 Å². The fourth-order valence-corrected chi connectivity index (χ4v) is 8.26. The summed E-state index contributed by atoms with van der Waals surface area (Å²) in [6, 6.07) is 7.21. The number of phenolic OH excluding ortho intramolecular Hbond substituents is 3. The molecule has 4 aromatic carbocycles. The molecule has 1 aliphatic heterocycles. The molecule has 0 spiro atoms. The highest BCUT2D eigenvalue weighted by Crippen LogP contribution is 2.54. The van der Waals surface area contributed by atoms with E-state index in [0.717, 1.165) is 18.2 Å². The van der Waals surface area contributed by atoms with E-state index in [1.807, 2.05) is 0 Å². The van der Waals surface area contributed by atoms with E-state index >= 15 is 0 Å². The number of aliphatic hydroxyl groups is 4. The molecule has 0 aromatic heterocycles. The minimum absolute atomic E-state index is 0.00601. The van der Waals surface area contributed by atoms with Crippen molar-refractivity contribution in [3.05, 3.63) is 109 Å². The van der Waals surface area contributed by atoms with Crippen LogP contribution in [-0.4, -0.2) is 112 Å². The van der Waals surface area contributed by atoms with Crippen molar-refractivity contribution >= 4 is 23.5 Å². The van der Waals surface area contributed by atoms with Crippen LogP contribution >= 0.6 is 0 Å². The molecule has 59 heavy (non-hydrogen) atoms. The second kappa shape index (κ2) is 14.0. The first kappa shape index (κ1) is 41.1. The molecule has 1 fully saturated rings. The molecule has 310 valence electrons. The summed E-state index contributed by atoms with van der Waals surface area (Å²) in [5, 5.41) is 106. The quantitative estimate of drug-likeness (QED) is 0.0693. The van der Waals surface area contributed by atoms with Crippen molar-refractivity contribution < 1.29 is 89.5 Å². The molecule has 0 saturated carbocycles. The van der Waals surface area contributed by atoms with Gasteiger partial charge in [-0.2, -0.15) is 0 Å². The summed E-state index contributed by atoms with van der Waals surface area (Å²) in [6.45, 7) is 5.93. The molecular weight excluding hydrogens is 780 g/mol. The first-order valence-electron chi connectivity index (χ1n) is 18.0.